The molecule has 0 amide bonds. The summed E-state index contributed by atoms with van der Waals surface area (Å²) in [6, 6.07) is 6.20. The van der Waals surface area contributed by atoms with Crippen molar-refractivity contribution >= 4 is 10.8 Å². The van der Waals surface area contributed by atoms with E-state index in [2.05, 4.69) is 0 Å². The molecule has 0 radical (unpaired) electrons. The van der Waals surface area contributed by atoms with Crippen LogP contribution in [-0.4, -0.2) is 9.46 Å². The summed E-state index contributed by atoms with van der Waals surface area (Å²) in [5.41, 5.74) is 0.819. The maximum atomic E-state index is 13.1. The number of nitriles is 1. The fraction of sp³-hybridized carbons (Fsp3) is 0.462. The van der Waals surface area contributed by atoms with Gasteiger partial charge in [0.25, 0.3) is 0 Å². The summed E-state index contributed by atoms with van der Waals surface area (Å²) >= 11 is 0. The number of benzene rings is 1. The van der Waals surface area contributed by atoms with Crippen molar-refractivity contribution in [2.45, 2.75) is 36.7 Å². The first-order chi connectivity index (χ1) is 8.20. The molecular formula is C13H14FNOS. The van der Waals surface area contributed by atoms with Crippen LogP contribution in [0.15, 0.2) is 18.2 Å². The van der Waals surface area contributed by atoms with E-state index in [1.807, 2.05) is 0 Å². The predicted octanol–water partition coefficient (Wildman–Crippen LogP) is 2.89. The molecule has 1 aromatic rings. The van der Waals surface area contributed by atoms with E-state index in [9.17, 15) is 8.60 Å². The maximum Gasteiger partial charge on any atom is 0.140 e. The Morgan fingerprint density at radius 3 is 2.76 bits per heavy atom. The Bertz CT molecular complexity index is 475. The van der Waals surface area contributed by atoms with Crippen LogP contribution in [0.2, 0.25) is 0 Å². The summed E-state index contributed by atoms with van der Waals surface area (Å²) in [5.74, 6) is -0.0810. The van der Waals surface area contributed by atoms with Gasteiger partial charge >= 0.3 is 0 Å². The zero-order chi connectivity index (χ0) is 12.3. The Morgan fingerprint density at radius 1 is 1.41 bits per heavy atom. The van der Waals surface area contributed by atoms with Crippen molar-refractivity contribution in [2.75, 3.05) is 0 Å². The largest absolute Gasteiger partial charge is 0.259 e. The number of halogens is 1. The Balaban J connectivity index is 2.08. The Labute approximate surface area is 103 Å². The van der Waals surface area contributed by atoms with Crippen molar-refractivity contribution in [1.82, 2.24) is 0 Å². The molecule has 1 aliphatic rings. The highest BCUT2D eigenvalue weighted by Crippen LogP contribution is 2.25. The third-order valence-electron chi connectivity index (χ3n) is 3.13. The number of nitrogens with zero attached hydrogens (tertiary/aromatic N) is 1. The summed E-state index contributed by atoms with van der Waals surface area (Å²) in [4.78, 5) is 0. The summed E-state index contributed by atoms with van der Waals surface area (Å²) in [7, 11) is -0.895. The molecule has 90 valence electrons. The molecule has 1 aliphatic carbocycles. The van der Waals surface area contributed by atoms with Crippen LogP contribution in [-0.2, 0) is 16.6 Å². The van der Waals surface area contributed by atoms with E-state index in [-0.39, 0.29) is 10.8 Å². The summed E-state index contributed by atoms with van der Waals surface area (Å²) in [6.45, 7) is 0. The first-order valence-corrected chi connectivity index (χ1v) is 7.14. The van der Waals surface area contributed by atoms with Gasteiger partial charge in [-0.2, -0.15) is 5.26 Å². The van der Waals surface area contributed by atoms with Crippen LogP contribution < -0.4 is 0 Å². The van der Waals surface area contributed by atoms with Crippen molar-refractivity contribution in [1.29, 1.82) is 5.26 Å². The molecule has 0 saturated heterocycles. The van der Waals surface area contributed by atoms with E-state index >= 15 is 0 Å². The SMILES string of the molecule is N#Cc1cc(CS(=O)C2CCCC2)ccc1F. The number of hydrogen-bond donors (Lipinski definition) is 0. The van der Waals surface area contributed by atoms with Crippen molar-refractivity contribution in [2.24, 2.45) is 0 Å². The molecule has 0 aliphatic heterocycles. The Morgan fingerprint density at radius 2 is 2.12 bits per heavy atom. The van der Waals surface area contributed by atoms with Crippen LogP contribution in [0.25, 0.3) is 0 Å². The van der Waals surface area contributed by atoms with E-state index in [0.29, 0.717) is 5.75 Å². The molecule has 0 bridgehead atoms. The van der Waals surface area contributed by atoms with Gasteiger partial charge in [0.1, 0.15) is 11.9 Å². The van der Waals surface area contributed by atoms with Gasteiger partial charge in [0.2, 0.25) is 0 Å². The molecule has 2 nitrogen and oxygen atoms in total. The fourth-order valence-electron chi connectivity index (χ4n) is 2.18. The van der Waals surface area contributed by atoms with Crippen LogP contribution in [0, 0.1) is 17.1 Å². The molecule has 1 fully saturated rings. The average Bonchev–Trinajstić information content (AvgIpc) is 2.85. The van der Waals surface area contributed by atoms with E-state index in [0.717, 1.165) is 31.2 Å². The van der Waals surface area contributed by atoms with E-state index in [4.69, 9.17) is 5.26 Å². The monoisotopic (exact) mass is 251 g/mol. The summed E-state index contributed by atoms with van der Waals surface area (Å²) in [5, 5.41) is 9.01. The lowest BCUT2D eigenvalue weighted by atomic mass is 10.1. The molecule has 1 atom stereocenters. The van der Waals surface area contributed by atoms with E-state index < -0.39 is 16.6 Å². The molecule has 1 aromatic carbocycles. The zero-order valence-corrected chi connectivity index (χ0v) is 10.3. The second kappa shape index (κ2) is 5.42. The minimum absolute atomic E-state index is 0.0333. The zero-order valence-electron chi connectivity index (χ0n) is 9.49. The van der Waals surface area contributed by atoms with Gasteiger partial charge in [0.05, 0.1) is 5.56 Å². The smallest absolute Gasteiger partial charge is 0.140 e. The van der Waals surface area contributed by atoms with Crippen LogP contribution in [0.4, 0.5) is 4.39 Å². The van der Waals surface area contributed by atoms with Crippen molar-refractivity contribution in [3.05, 3.63) is 35.1 Å². The van der Waals surface area contributed by atoms with E-state index in [1.165, 1.54) is 12.1 Å². The quantitative estimate of drug-likeness (QED) is 0.828. The topological polar surface area (TPSA) is 40.9 Å². The third-order valence-corrected chi connectivity index (χ3v) is 4.97. The predicted molar refractivity (Wildman–Crippen MR) is 65.2 cm³/mol. The van der Waals surface area contributed by atoms with Gasteiger partial charge in [0, 0.05) is 21.8 Å². The van der Waals surface area contributed by atoms with Crippen molar-refractivity contribution in [3.8, 4) is 6.07 Å². The Kier molecular flexibility index (Phi) is 3.90. The molecule has 0 N–H and O–H groups in total. The highest BCUT2D eigenvalue weighted by atomic mass is 32.2. The van der Waals surface area contributed by atoms with Gasteiger partial charge in [-0.3, -0.25) is 4.21 Å². The second-order valence-corrected chi connectivity index (χ2v) is 6.07. The van der Waals surface area contributed by atoms with Gasteiger partial charge in [-0.15, -0.1) is 0 Å². The fourth-order valence-corrected chi connectivity index (χ4v) is 3.78. The highest BCUT2D eigenvalue weighted by molar-refractivity contribution is 7.84. The molecule has 1 unspecified atom stereocenters. The third kappa shape index (κ3) is 2.92. The normalized spacial score (nSPS) is 17.9. The minimum Gasteiger partial charge on any atom is -0.259 e. The number of rotatable bonds is 3. The minimum atomic E-state index is -0.895. The molecule has 4 heteroatoms. The molecule has 0 spiro atoms. The Hall–Kier alpha value is -1.21. The summed E-state index contributed by atoms with van der Waals surface area (Å²) in [6.07, 6.45) is 4.37. The van der Waals surface area contributed by atoms with Crippen LogP contribution in [0.3, 0.4) is 0 Å². The van der Waals surface area contributed by atoms with Gasteiger partial charge in [-0.1, -0.05) is 18.9 Å². The molecule has 2 rings (SSSR count). The average molecular weight is 251 g/mol. The van der Waals surface area contributed by atoms with Crippen LogP contribution in [0.1, 0.15) is 36.8 Å². The molecule has 0 aromatic heterocycles. The first kappa shape index (κ1) is 12.3. The second-order valence-electron chi connectivity index (χ2n) is 4.36. The van der Waals surface area contributed by atoms with Gasteiger partial charge in [-0.25, -0.2) is 4.39 Å². The van der Waals surface area contributed by atoms with Gasteiger partial charge in [-0.05, 0) is 30.5 Å². The molecular weight excluding hydrogens is 237 g/mol. The first-order valence-electron chi connectivity index (χ1n) is 5.76. The summed E-state index contributed by atoms with van der Waals surface area (Å²) < 4.78 is 25.1. The standard InChI is InChI=1S/C13H14FNOS/c14-13-6-5-10(7-11(13)8-15)9-17(16)12-3-1-2-4-12/h5-7,12H,1-4,9H2. The molecule has 1 saturated carbocycles. The van der Waals surface area contributed by atoms with Crippen LogP contribution >= 0.6 is 0 Å². The highest BCUT2D eigenvalue weighted by Gasteiger charge is 2.21. The van der Waals surface area contributed by atoms with Crippen LogP contribution in [0.5, 0.6) is 0 Å². The van der Waals surface area contributed by atoms with Gasteiger partial charge in [0.15, 0.2) is 0 Å². The molecule has 17 heavy (non-hydrogen) atoms. The lowest BCUT2D eigenvalue weighted by Gasteiger charge is -2.09. The van der Waals surface area contributed by atoms with Crippen molar-refractivity contribution in [3.63, 3.8) is 0 Å². The lowest BCUT2D eigenvalue weighted by Crippen LogP contribution is -2.12. The number of hydrogen-bond acceptors (Lipinski definition) is 2. The lowest BCUT2D eigenvalue weighted by molar-refractivity contribution is 0.623. The molecule has 0 heterocycles. The maximum absolute atomic E-state index is 13.1. The van der Waals surface area contributed by atoms with E-state index in [1.54, 1.807) is 12.1 Å². The van der Waals surface area contributed by atoms with Crippen molar-refractivity contribution < 1.29 is 8.60 Å². The van der Waals surface area contributed by atoms with Gasteiger partial charge < -0.3 is 0 Å².